The molecule has 4 rings (SSSR count). The van der Waals surface area contributed by atoms with Crippen molar-refractivity contribution in [2.24, 2.45) is 0 Å². The fourth-order valence-electron chi connectivity index (χ4n) is 3.46. The minimum atomic E-state index is -0.303. The van der Waals surface area contributed by atoms with Crippen LogP contribution in [0.5, 0.6) is 0 Å². The largest absolute Gasteiger partial charge is 0.302 e. The van der Waals surface area contributed by atoms with Gasteiger partial charge in [-0.2, -0.15) is 0 Å². The van der Waals surface area contributed by atoms with E-state index in [4.69, 9.17) is 0 Å². The number of amides is 2. The first-order valence-corrected chi connectivity index (χ1v) is 7.41. The van der Waals surface area contributed by atoms with E-state index in [9.17, 15) is 9.59 Å². The van der Waals surface area contributed by atoms with Crippen LogP contribution in [0.1, 0.15) is 30.4 Å². The van der Waals surface area contributed by atoms with Crippen molar-refractivity contribution in [2.75, 3.05) is 0 Å². The lowest BCUT2D eigenvalue weighted by Gasteiger charge is -2.18. The number of nitrogens with zero attached hydrogens (tertiary/aromatic N) is 1. The van der Waals surface area contributed by atoms with Crippen molar-refractivity contribution in [2.45, 2.75) is 50.2 Å². The Balaban J connectivity index is 1.44. The summed E-state index contributed by atoms with van der Waals surface area (Å²) in [5, 5.41) is 3.41. The summed E-state index contributed by atoms with van der Waals surface area (Å²) in [6, 6.07) is 8.59. The molecule has 1 aromatic rings. The fraction of sp³-hybridized carbons (Fsp3) is 0.500. The van der Waals surface area contributed by atoms with Gasteiger partial charge in [-0.25, -0.2) is 0 Å². The number of carbonyl (C=O) groups is 2. The third-order valence-corrected chi connectivity index (χ3v) is 4.58. The molecule has 1 heterocycles. The van der Waals surface area contributed by atoms with Gasteiger partial charge in [0.15, 0.2) is 0 Å². The summed E-state index contributed by atoms with van der Waals surface area (Å²) in [6.45, 7) is 0. The first-order chi connectivity index (χ1) is 9.72. The van der Waals surface area contributed by atoms with Crippen molar-refractivity contribution in [3.05, 3.63) is 35.4 Å². The Labute approximate surface area is 118 Å². The van der Waals surface area contributed by atoms with Crippen molar-refractivity contribution in [3.63, 3.8) is 0 Å². The summed E-state index contributed by atoms with van der Waals surface area (Å²) in [4.78, 5) is 25.7. The molecule has 4 nitrogen and oxygen atoms in total. The van der Waals surface area contributed by atoms with E-state index in [1.807, 2.05) is 0 Å². The highest BCUT2D eigenvalue weighted by Crippen LogP contribution is 2.32. The molecule has 3 aliphatic rings. The minimum absolute atomic E-state index is 0.00510. The predicted octanol–water partition coefficient (Wildman–Crippen LogP) is 1.03. The van der Waals surface area contributed by atoms with Crippen molar-refractivity contribution in [1.29, 1.82) is 0 Å². The zero-order chi connectivity index (χ0) is 13.7. The molecule has 1 aliphatic heterocycles. The Kier molecular flexibility index (Phi) is 2.67. The molecule has 20 heavy (non-hydrogen) atoms. The Morgan fingerprint density at radius 1 is 1.00 bits per heavy atom. The van der Waals surface area contributed by atoms with Crippen molar-refractivity contribution in [3.8, 4) is 0 Å². The molecule has 0 aromatic heterocycles. The molecule has 1 N–H and O–H groups in total. The van der Waals surface area contributed by atoms with Gasteiger partial charge in [-0.3, -0.25) is 14.5 Å². The van der Waals surface area contributed by atoms with Crippen LogP contribution in [-0.4, -0.2) is 34.8 Å². The van der Waals surface area contributed by atoms with E-state index in [1.165, 1.54) is 16.0 Å². The van der Waals surface area contributed by atoms with E-state index in [0.717, 1.165) is 25.7 Å². The molecule has 2 amide bonds. The zero-order valence-electron chi connectivity index (χ0n) is 11.3. The molecule has 1 saturated heterocycles. The Bertz CT molecular complexity index is 555. The lowest BCUT2D eigenvalue weighted by molar-refractivity contribution is -0.139. The Hall–Kier alpha value is -1.68. The van der Waals surface area contributed by atoms with E-state index in [0.29, 0.717) is 6.42 Å². The van der Waals surface area contributed by atoms with Crippen LogP contribution in [0.4, 0.5) is 0 Å². The highest BCUT2D eigenvalue weighted by atomic mass is 16.2. The first-order valence-electron chi connectivity index (χ1n) is 7.41. The van der Waals surface area contributed by atoms with E-state index >= 15 is 0 Å². The zero-order valence-corrected chi connectivity index (χ0v) is 11.3. The molecule has 2 fully saturated rings. The highest BCUT2D eigenvalue weighted by Gasteiger charge is 2.46. The molecule has 2 aliphatic carbocycles. The second-order valence-electron chi connectivity index (χ2n) is 6.13. The lowest BCUT2D eigenvalue weighted by atomic mass is 10.1. The molecule has 104 valence electrons. The van der Waals surface area contributed by atoms with Gasteiger partial charge in [0.05, 0.1) is 12.5 Å². The van der Waals surface area contributed by atoms with Crippen molar-refractivity contribution < 1.29 is 9.59 Å². The van der Waals surface area contributed by atoms with E-state index in [-0.39, 0.29) is 29.9 Å². The molecular formula is C16H18N2O2. The van der Waals surface area contributed by atoms with Crippen LogP contribution in [0.2, 0.25) is 0 Å². The molecule has 4 heteroatoms. The second-order valence-corrected chi connectivity index (χ2v) is 6.13. The Morgan fingerprint density at radius 3 is 2.25 bits per heavy atom. The van der Waals surface area contributed by atoms with Crippen LogP contribution in [0.25, 0.3) is 0 Å². The predicted molar refractivity (Wildman–Crippen MR) is 74.1 cm³/mol. The van der Waals surface area contributed by atoms with Gasteiger partial charge in [-0.05, 0) is 36.8 Å². The van der Waals surface area contributed by atoms with Gasteiger partial charge in [0.1, 0.15) is 0 Å². The SMILES string of the molecule is O=C1CC(NC2Cc3ccccc3C2)C(=O)N1C1CC1. The summed E-state index contributed by atoms with van der Waals surface area (Å²) in [5.74, 6) is -0.000956. The quantitative estimate of drug-likeness (QED) is 0.835. The first kappa shape index (κ1) is 12.1. The molecule has 1 atom stereocenters. The van der Waals surface area contributed by atoms with Gasteiger partial charge in [0.25, 0.3) is 0 Å². The summed E-state index contributed by atoms with van der Waals surface area (Å²) in [5.41, 5.74) is 2.72. The van der Waals surface area contributed by atoms with Gasteiger partial charge in [0.2, 0.25) is 11.8 Å². The average molecular weight is 270 g/mol. The lowest BCUT2D eigenvalue weighted by Crippen LogP contribution is -2.44. The molecular weight excluding hydrogens is 252 g/mol. The van der Waals surface area contributed by atoms with Gasteiger partial charge >= 0.3 is 0 Å². The molecule has 0 radical (unpaired) electrons. The monoisotopic (exact) mass is 270 g/mol. The maximum absolute atomic E-state index is 12.3. The third-order valence-electron chi connectivity index (χ3n) is 4.58. The molecule has 1 unspecified atom stereocenters. The third kappa shape index (κ3) is 1.95. The van der Waals surface area contributed by atoms with E-state index < -0.39 is 0 Å². The van der Waals surface area contributed by atoms with E-state index in [2.05, 4.69) is 29.6 Å². The normalized spacial score (nSPS) is 26.4. The van der Waals surface area contributed by atoms with Crippen molar-refractivity contribution >= 4 is 11.8 Å². The summed E-state index contributed by atoms with van der Waals surface area (Å²) in [7, 11) is 0. The number of nitrogens with one attached hydrogen (secondary N) is 1. The van der Waals surface area contributed by atoms with Crippen LogP contribution in [0.3, 0.4) is 0 Å². The van der Waals surface area contributed by atoms with E-state index in [1.54, 1.807) is 0 Å². The standard InChI is InChI=1S/C16H18N2O2/c19-15-9-14(16(20)18(15)13-5-6-13)17-12-7-10-3-1-2-4-11(10)8-12/h1-4,12-14,17H,5-9H2. The number of rotatable bonds is 3. The van der Waals surface area contributed by atoms with Crippen LogP contribution in [0.15, 0.2) is 24.3 Å². The van der Waals surface area contributed by atoms with Gasteiger partial charge < -0.3 is 5.32 Å². The maximum Gasteiger partial charge on any atom is 0.247 e. The summed E-state index contributed by atoms with van der Waals surface area (Å²) < 4.78 is 0. The average Bonchev–Trinajstić information content (AvgIpc) is 3.10. The van der Waals surface area contributed by atoms with Crippen LogP contribution in [0, 0.1) is 0 Å². The fourth-order valence-corrected chi connectivity index (χ4v) is 3.46. The second kappa shape index (κ2) is 4.42. The highest BCUT2D eigenvalue weighted by molar-refractivity contribution is 6.06. The number of likely N-dealkylation sites (tertiary alicyclic amines) is 1. The number of fused-ring (bicyclic) bond motifs is 1. The van der Waals surface area contributed by atoms with Crippen LogP contribution < -0.4 is 5.32 Å². The molecule has 1 saturated carbocycles. The Morgan fingerprint density at radius 2 is 1.65 bits per heavy atom. The number of carbonyl (C=O) groups excluding carboxylic acids is 2. The number of hydrogen-bond donors (Lipinski definition) is 1. The van der Waals surface area contributed by atoms with Gasteiger partial charge in [0, 0.05) is 12.1 Å². The molecule has 0 bridgehead atoms. The van der Waals surface area contributed by atoms with Crippen LogP contribution >= 0.6 is 0 Å². The summed E-state index contributed by atoms with van der Waals surface area (Å²) >= 11 is 0. The number of benzene rings is 1. The maximum atomic E-state index is 12.3. The van der Waals surface area contributed by atoms with Crippen LogP contribution in [-0.2, 0) is 22.4 Å². The van der Waals surface area contributed by atoms with Gasteiger partial charge in [-0.1, -0.05) is 24.3 Å². The number of imide groups is 1. The smallest absolute Gasteiger partial charge is 0.247 e. The molecule has 0 spiro atoms. The number of hydrogen-bond acceptors (Lipinski definition) is 3. The minimum Gasteiger partial charge on any atom is -0.302 e. The molecule has 1 aromatic carbocycles. The topological polar surface area (TPSA) is 49.4 Å². The van der Waals surface area contributed by atoms with Crippen molar-refractivity contribution in [1.82, 2.24) is 10.2 Å². The summed E-state index contributed by atoms with van der Waals surface area (Å²) in [6.07, 6.45) is 4.22. The van der Waals surface area contributed by atoms with Gasteiger partial charge in [-0.15, -0.1) is 0 Å².